The van der Waals surface area contributed by atoms with Crippen molar-refractivity contribution in [2.45, 2.75) is 12.6 Å². The molecule has 13 nitrogen and oxygen atoms in total. The molecule has 40 heavy (non-hydrogen) atoms. The molecule has 4 N–H and O–H groups in total. The Bertz CT molecular complexity index is 1630. The van der Waals surface area contributed by atoms with Gasteiger partial charge < -0.3 is 30.0 Å². The van der Waals surface area contributed by atoms with Crippen LogP contribution in [-0.2, 0) is 6.54 Å². The van der Waals surface area contributed by atoms with Gasteiger partial charge >= 0.3 is 0 Å². The molecule has 5 aromatic rings. The van der Waals surface area contributed by atoms with E-state index in [1.165, 1.54) is 10.6 Å². The number of anilines is 2. The molecule has 1 aliphatic heterocycles. The molecule has 1 atom stereocenters. The van der Waals surface area contributed by atoms with Crippen LogP contribution in [0.1, 0.15) is 0 Å². The lowest BCUT2D eigenvalue weighted by atomic mass is 10.2. The third-order valence-corrected chi connectivity index (χ3v) is 6.82. The van der Waals surface area contributed by atoms with Crippen LogP contribution in [0.25, 0.3) is 28.3 Å². The Hall–Kier alpha value is -4.34. The third-order valence-electron chi connectivity index (χ3n) is 6.82. The predicted octanol–water partition coefficient (Wildman–Crippen LogP) is 1.15. The van der Waals surface area contributed by atoms with Crippen LogP contribution < -0.4 is 15.4 Å². The van der Waals surface area contributed by atoms with Crippen molar-refractivity contribution in [2.75, 3.05) is 56.6 Å². The zero-order chi connectivity index (χ0) is 27.8. The average molecular weight is 556 g/mol. The molecular weight excluding hydrogens is 528 g/mol. The van der Waals surface area contributed by atoms with E-state index in [0.29, 0.717) is 67.5 Å². The van der Waals surface area contributed by atoms with Crippen molar-refractivity contribution < 1.29 is 28.1 Å². The third kappa shape index (κ3) is 4.89. The van der Waals surface area contributed by atoms with E-state index in [9.17, 15) is 13.9 Å². The molecule has 0 amide bonds. The van der Waals surface area contributed by atoms with Gasteiger partial charge in [-0.25, -0.2) is 18.4 Å². The zero-order valence-corrected chi connectivity index (χ0v) is 21.3. The minimum atomic E-state index is -1.16. The maximum atomic E-state index is 14.6. The summed E-state index contributed by atoms with van der Waals surface area (Å²) in [5, 5.41) is 28.0. The van der Waals surface area contributed by atoms with E-state index >= 15 is 0 Å². The highest BCUT2D eigenvalue weighted by Gasteiger charge is 2.23. The molecule has 6 rings (SSSR count). The molecular formula is C25H27F2N9O4. The van der Waals surface area contributed by atoms with E-state index in [4.69, 9.17) is 20.0 Å². The van der Waals surface area contributed by atoms with Gasteiger partial charge in [0.15, 0.2) is 28.6 Å². The van der Waals surface area contributed by atoms with E-state index < -0.39 is 24.3 Å². The van der Waals surface area contributed by atoms with Crippen LogP contribution in [0.4, 0.5) is 20.4 Å². The van der Waals surface area contributed by atoms with Gasteiger partial charge in [0.2, 0.25) is 11.8 Å². The number of furan rings is 1. The van der Waals surface area contributed by atoms with Crippen LogP contribution in [0.3, 0.4) is 0 Å². The summed E-state index contributed by atoms with van der Waals surface area (Å²) in [4.78, 5) is 13.1. The fourth-order valence-electron chi connectivity index (χ4n) is 4.69. The number of piperazine rings is 1. The number of rotatable bonds is 9. The largest absolute Gasteiger partial charge is 0.488 e. The number of aliphatic hydroxyl groups is 2. The van der Waals surface area contributed by atoms with Gasteiger partial charge in [0.1, 0.15) is 18.5 Å². The highest BCUT2D eigenvalue weighted by Crippen LogP contribution is 2.29. The van der Waals surface area contributed by atoms with Gasteiger partial charge in [0.25, 0.3) is 0 Å². The van der Waals surface area contributed by atoms with Gasteiger partial charge in [-0.1, -0.05) is 0 Å². The van der Waals surface area contributed by atoms with Crippen LogP contribution in [0, 0.1) is 11.6 Å². The van der Waals surface area contributed by atoms with Crippen molar-refractivity contribution in [3.63, 3.8) is 0 Å². The van der Waals surface area contributed by atoms with Crippen molar-refractivity contribution in [3.8, 4) is 17.3 Å². The number of hydrogen-bond acceptors (Lipinski definition) is 11. The number of nitrogens with zero attached hydrogens (tertiary/aromatic N) is 8. The molecule has 0 saturated carbocycles. The second-order valence-electron chi connectivity index (χ2n) is 9.43. The summed E-state index contributed by atoms with van der Waals surface area (Å²) in [6.45, 7) is 2.71. The Balaban J connectivity index is 1.11. The van der Waals surface area contributed by atoms with Crippen molar-refractivity contribution in [2.24, 2.45) is 0 Å². The zero-order valence-electron chi connectivity index (χ0n) is 21.3. The number of ether oxygens (including phenoxy) is 1. The Morgan fingerprint density at radius 1 is 1.07 bits per heavy atom. The normalized spacial score (nSPS) is 15.3. The monoisotopic (exact) mass is 555 g/mol. The molecule has 0 spiro atoms. The minimum Gasteiger partial charge on any atom is -0.488 e. The Labute approximate surface area is 226 Å². The Kier molecular flexibility index (Phi) is 6.91. The van der Waals surface area contributed by atoms with E-state index in [-0.39, 0.29) is 24.0 Å². The standard InChI is InChI=1S/C25H27F2N9O4/c26-17-10-18(27)21(40-14-15(38)13-37)11-19(17)34-6-3-33(4-7-34)5-8-35-23-16(12-29-35)24-30-22(20-2-1-9-39-20)32-36(24)25(28)31-23/h1-2,9-12,15,37-38H,3-8,13-14H2,(H2,28,31)/t15-/m1/s1. The first kappa shape index (κ1) is 25.9. The Morgan fingerprint density at radius 3 is 2.65 bits per heavy atom. The number of hydrogen-bond donors (Lipinski definition) is 3. The Morgan fingerprint density at radius 2 is 1.90 bits per heavy atom. The number of nitrogen functional groups attached to an aromatic ring is 1. The van der Waals surface area contributed by atoms with Gasteiger partial charge in [0, 0.05) is 44.9 Å². The summed E-state index contributed by atoms with van der Waals surface area (Å²) in [6.07, 6.45) is 2.08. The summed E-state index contributed by atoms with van der Waals surface area (Å²) < 4.78 is 42.6. The predicted molar refractivity (Wildman–Crippen MR) is 140 cm³/mol. The first-order chi connectivity index (χ1) is 19.4. The van der Waals surface area contributed by atoms with Crippen molar-refractivity contribution in [1.29, 1.82) is 0 Å². The van der Waals surface area contributed by atoms with Gasteiger partial charge in [-0.3, -0.25) is 4.90 Å². The molecule has 5 heterocycles. The summed E-state index contributed by atoms with van der Waals surface area (Å²) in [5.74, 6) is -0.641. The van der Waals surface area contributed by atoms with Crippen LogP contribution in [-0.4, -0.2) is 96.5 Å². The molecule has 4 aromatic heterocycles. The molecule has 0 radical (unpaired) electrons. The van der Waals surface area contributed by atoms with Crippen molar-refractivity contribution in [1.82, 2.24) is 34.3 Å². The van der Waals surface area contributed by atoms with Crippen LogP contribution in [0.15, 0.2) is 41.1 Å². The smallest absolute Gasteiger partial charge is 0.225 e. The second-order valence-corrected chi connectivity index (χ2v) is 9.43. The molecule has 15 heteroatoms. The van der Waals surface area contributed by atoms with Crippen LogP contribution in [0.5, 0.6) is 5.75 Å². The molecule has 0 aliphatic carbocycles. The lowest BCUT2D eigenvalue weighted by Gasteiger charge is -2.36. The number of benzene rings is 1. The van der Waals surface area contributed by atoms with E-state index in [2.05, 4.69) is 25.1 Å². The quantitative estimate of drug-likeness (QED) is 0.240. The van der Waals surface area contributed by atoms with Crippen LogP contribution in [0.2, 0.25) is 0 Å². The second kappa shape index (κ2) is 10.7. The van der Waals surface area contributed by atoms with E-state index in [0.717, 1.165) is 6.07 Å². The van der Waals surface area contributed by atoms with E-state index in [1.54, 1.807) is 29.3 Å². The average Bonchev–Trinajstić information content (AvgIpc) is 3.72. The van der Waals surface area contributed by atoms with Crippen molar-refractivity contribution in [3.05, 3.63) is 48.4 Å². The maximum absolute atomic E-state index is 14.6. The van der Waals surface area contributed by atoms with Crippen molar-refractivity contribution >= 4 is 28.3 Å². The summed E-state index contributed by atoms with van der Waals surface area (Å²) in [5.41, 5.74) is 7.52. The highest BCUT2D eigenvalue weighted by molar-refractivity contribution is 5.90. The molecule has 1 fully saturated rings. The SMILES string of the molecule is Nc1nc2c(cnn2CCN2CCN(c3cc(OC[C@H](O)CO)c(F)cc3F)CC2)c2nc(-c3ccco3)nn12. The van der Waals surface area contributed by atoms with Gasteiger partial charge in [-0.15, -0.1) is 5.10 Å². The molecule has 0 bridgehead atoms. The molecule has 1 saturated heterocycles. The minimum absolute atomic E-state index is 0.179. The van der Waals surface area contributed by atoms with Gasteiger partial charge in [0.05, 0.1) is 36.7 Å². The maximum Gasteiger partial charge on any atom is 0.225 e. The summed E-state index contributed by atoms with van der Waals surface area (Å²) >= 11 is 0. The van der Waals surface area contributed by atoms with Crippen LogP contribution >= 0.6 is 0 Å². The van der Waals surface area contributed by atoms with E-state index in [1.807, 2.05) is 4.90 Å². The summed E-state index contributed by atoms with van der Waals surface area (Å²) in [7, 11) is 0. The number of nitrogens with two attached hydrogens (primary N) is 1. The summed E-state index contributed by atoms with van der Waals surface area (Å²) in [6, 6.07) is 5.58. The molecule has 210 valence electrons. The first-order valence-electron chi connectivity index (χ1n) is 12.7. The lowest BCUT2D eigenvalue weighted by Crippen LogP contribution is -2.47. The number of aliphatic hydroxyl groups excluding tert-OH is 2. The molecule has 1 aliphatic rings. The lowest BCUT2D eigenvalue weighted by molar-refractivity contribution is 0.0523. The molecule has 0 unspecified atom stereocenters. The number of halogens is 2. The van der Waals surface area contributed by atoms with Gasteiger partial charge in [-0.05, 0) is 12.1 Å². The first-order valence-corrected chi connectivity index (χ1v) is 12.7. The van der Waals surface area contributed by atoms with Gasteiger partial charge in [-0.2, -0.15) is 14.6 Å². The topological polar surface area (TPSA) is 156 Å². The number of fused-ring (bicyclic) bond motifs is 3. The highest BCUT2D eigenvalue weighted by atomic mass is 19.1. The number of aromatic nitrogens is 6. The molecule has 1 aromatic carbocycles. The fraction of sp³-hybridized carbons (Fsp3) is 0.360. The fourth-order valence-corrected chi connectivity index (χ4v) is 4.69.